The van der Waals surface area contributed by atoms with Gasteiger partial charge in [0.2, 0.25) is 5.91 Å². The molecule has 3 nitrogen and oxygen atoms in total. The van der Waals surface area contributed by atoms with E-state index in [-0.39, 0.29) is 23.7 Å². The van der Waals surface area contributed by atoms with E-state index in [1.807, 2.05) is 45.0 Å². The van der Waals surface area contributed by atoms with Crippen LogP contribution in [0.25, 0.3) is 0 Å². The lowest BCUT2D eigenvalue weighted by Gasteiger charge is -2.17. The van der Waals surface area contributed by atoms with E-state index in [1.165, 1.54) is 0 Å². The minimum atomic E-state index is -0.369. The van der Waals surface area contributed by atoms with Gasteiger partial charge >= 0.3 is 0 Å². The van der Waals surface area contributed by atoms with E-state index in [1.54, 1.807) is 0 Å². The Balaban J connectivity index is 0.00000225. The van der Waals surface area contributed by atoms with Crippen molar-refractivity contribution >= 4 is 24.0 Å². The van der Waals surface area contributed by atoms with Crippen molar-refractivity contribution in [2.24, 2.45) is 11.1 Å². The molecule has 0 spiro atoms. The molecule has 0 unspecified atom stereocenters. The second-order valence-electron chi connectivity index (χ2n) is 4.61. The first-order chi connectivity index (χ1) is 6.93. The van der Waals surface area contributed by atoms with Crippen molar-refractivity contribution in [1.82, 2.24) is 0 Å². The van der Waals surface area contributed by atoms with Gasteiger partial charge in [0.15, 0.2) is 0 Å². The number of carbonyl (C=O) groups is 1. The first-order valence-electron chi connectivity index (χ1n) is 5.04. The van der Waals surface area contributed by atoms with Crippen LogP contribution in [0.2, 0.25) is 0 Å². The fourth-order valence-corrected chi connectivity index (χ4v) is 1.04. The lowest BCUT2D eigenvalue weighted by molar-refractivity contribution is -0.123. The number of rotatable bonds is 2. The van der Waals surface area contributed by atoms with Crippen molar-refractivity contribution in [3.8, 4) is 0 Å². The Hall–Kier alpha value is -1.06. The van der Waals surface area contributed by atoms with Gasteiger partial charge in [-0.3, -0.25) is 4.79 Å². The highest BCUT2D eigenvalue weighted by molar-refractivity contribution is 5.94. The Kier molecular flexibility index (Phi) is 5.48. The summed E-state index contributed by atoms with van der Waals surface area (Å²) in [6.45, 7) is 6.18. The summed E-state index contributed by atoms with van der Waals surface area (Å²) in [6.07, 6.45) is 0. The number of hydrogen-bond donors (Lipinski definition) is 2. The van der Waals surface area contributed by atoms with E-state index in [0.29, 0.717) is 6.54 Å². The SMILES string of the molecule is CC(C)(C)C(=O)Nc1ccc(CN)cc1.Cl. The number of halogens is 1. The molecule has 0 aliphatic heterocycles. The zero-order chi connectivity index (χ0) is 11.5. The van der Waals surface area contributed by atoms with E-state index in [4.69, 9.17) is 5.73 Å². The first-order valence-corrected chi connectivity index (χ1v) is 5.04. The molecule has 4 heteroatoms. The van der Waals surface area contributed by atoms with Crippen LogP contribution < -0.4 is 11.1 Å². The molecule has 1 amide bonds. The molecule has 0 bridgehead atoms. The maximum atomic E-state index is 11.7. The Bertz CT molecular complexity index is 341. The Labute approximate surface area is 103 Å². The molecule has 1 aromatic carbocycles. The van der Waals surface area contributed by atoms with Crippen molar-refractivity contribution in [2.75, 3.05) is 5.32 Å². The number of hydrogen-bond acceptors (Lipinski definition) is 2. The first kappa shape index (κ1) is 14.9. The molecular weight excluding hydrogens is 224 g/mol. The maximum Gasteiger partial charge on any atom is 0.229 e. The minimum Gasteiger partial charge on any atom is -0.326 e. The molecular formula is C12H19ClN2O. The number of anilines is 1. The molecule has 0 atom stereocenters. The largest absolute Gasteiger partial charge is 0.326 e. The van der Waals surface area contributed by atoms with Crippen molar-refractivity contribution in [3.05, 3.63) is 29.8 Å². The highest BCUT2D eigenvalue weighted by atomic mass is 35.5. The molecule has 0 saturated carbocycles. The highest BCUT2D eigenvalue weighted by Gasteiger charge is 2.20. The number of nitrogens with one attached hydrogen (secondary N) is 1. The second-order valence-corrected chi connectivity index (χ2v) is 4.61. The lowest BCUT2D eigenvalue weighted by Crippen LogP contribution is -2.27. The molecule has 0 aliphatic carbocycles. The van der Waals surface area contributed by atoms with Crippen LogP contribution in [-0.4, -0.2) is 5.91 Å². The summed E-state index contributed by atoms with van der Waals surface area (Å²) < 4.78 is 0. The third-order valence-electron chi connectivity index (χ3n) is 2.13. The van der Waals surface area contributed by atoms with E-state index in [9.17, 15) is 4.79 Å². The van der Waals surface area contributed by atoms with Gasteiger partial charge < -0.3 is 11.1 Å². The van der Waals surface area contributed by atoms with Gasteiger partial charge in [0.1, 0.15) is 0 Å². The molecule has 0 aromatic heterocycles. The molecule has 0 saturated heterocycles. The number of amides is 1. The van der Waals surface area contributed by atoms with Crippen LogP contribution in [-0.2, 0) is 11.3 Å². The average Bonchev–Trinajstić information content (AvgIpc) is 2.17. The van der Waals surface area contributed by atoms with Gasteiger partial charge in [-0.1, -0.05) is 32.9 Å². The highest BCUT2D eigenvalue weighted by Crippen LogP contribution is 2.17. The van der Waals surface area contributed by atoms with Crippen molar-refractivity contribution in [1.29, 1.82) is 0 Å². The lowest BCUT2D eigenvalue weighted by atomic mass is 9.95. The summed E-state index contributed by atoms with van der Waals surface area (Å²) in [5, 5.41) is 2.85. The molecule has 0 aliphatic rings. The fourth-order valence-electron chi connectivity index (χ4n) is 1.04. The van der Waals surface area contributed by atoms with Crippen molar-refractivity contribution in [2.45, 2.75) is 27.3 Å². The van der Waals surface area contributed by atoms with Gasteiger partial charge in [0.25, 0.3) is 0 Å². The Morgan fingerprint density at radius 2 is 1.75 bits per heavy atom. The van der Waals surface area contributed by atoms with Crippen LogP contribution >= 0.6 is 12.4 Å². The summed E-state index contributed by atoms with van der Waals surface area (Å²) in [4.78, 5) is 11.7. The molecule has 0 fully saturated rings. The normalized spacial score (nSPS) is 10.5. The van der Waals surface area contributed by atoms with Gasteiger partial charge in [-0.15, -0.1) is 12.4 Å². The number of nitrogens with two attached hydrogens (primary N) is 1. The van der Waals surface area contributed by atoms with Gasteiger partial charge in [-0.2, -0.15) is 0 Å². The van der Waals surface area contributed by atoms with Gasteiger partial charge in [-0.25, -0.2) is 0 Å². The van der Waals surface area contributed by atoms with E-state index >= 15 is 0 Å². The summed E-state index contributed by atoms with van der Waals surface area (Å²) >= 11 is 0. The summed E-state index contributed by atoms with van der Waals surface area (Å²) in [5.41, 5.74) is 6.99. The van der Waals surface area contributed by atoms with E-state index in [2.05, 4.69) is 5.32 Å². The number of carbonyl (C=O) groups excluding carboxylic acids is 1. The minimum absolute atomic E-state index is 0. The standard InChI is InChI=1S/C12H18N2O.ClH/c1-12(2,3)11(15)14-10-6-4-9(8-13)5-7-10;/h4-7H,8,13H2,1-3H3,(H,14,15);1H. The van der Waals surface area contributed by atoms with Crippen LogP contribution in [0.15, 0.2) is 24.3 Å². The predicted octanol–water partition coefficient (Wildman–Crippen LogP) is 2.55. The third-order valence-corrected chi connectivity index (χ3v) is 2.13. The monoisotopic (exact) mass is 242 g/mol. The Morgan fingerprint density at radius 1 is 1.25 bits per heavy atom. The third kappa shape index (κ3) is 4.21. The van der Waals surface area contributed by atoms with E-state index < -0.39 is 0 Å². The summed E-state index contributed by atoms with van der Waals surface area (Å²) in [7, 11) is 0. The van der Waals surface area contributed by atoms with Crippen LogP contribution in [0, 0.1) is 5.41 Å². The molecule has 0 heterocycles. The topological polar surface area (TPSA) is 55.1 Å². The molecule has 0 radical (unpaired) electrons. The maximum absolute atomic E-state index is 11.7. The zero-order valence-corrected chi connectivity index (χ0v) is 10.7. The zero-order valence-electron chi connectivity index (χ0n) is 9.91. The second kappa shape index (κ2) is 5.87. The van der Waals surface area contributed by atoms with Crippen LogP contribution in [0.4, 0.5) is 5.69 Å². The smallest absolute Gasteiger partial charge is 0.229 e. The molecule has 16 heavy (non-hydrogen) atoms. The van der Waals surface area contributed by atoms with Crippen LogP contribution in [0.1, 0.15) is 26.3 Å². The summed E-state index contributed by atoms with van der Waals surface area (Å²) in [5.74, 6) is 0.0167. The van der Waals surface area contributed by atoms with Crippen LogP contribution in [0.5, 0.6) is 0 Å². The van der Waals surface area contributed by atoms with Gasteiger partial charge in [-0.05, 0) is 17.7 Å². The molecule has 3 N–H and O–H groups in total. The fraction of sp³-hybridized carbons (Fsp3) is 0.417. The van der Waals surface area contributed by atoms with Gasteiger partial charge in [0.05, 0.1) is 0 Å². The van der Waals surface area contributed by atoms with Crippen LogP contribution in [0.3, 0.4) is 0 Å². The predicted molar refractivity (Wildman–Crippen MR) is 69.7 cm³/mol. The summed E-state index contributed by atoms with van der Waals surface area (Å²) in [6, 6.07) is 7.56. The number of benzene rings is 1. The molecule has 90 valence electrons. The quantitative estimate of drug-likeness (QED) is 0.838. The Morgan fingerprint density at radius 3 is 2.12 bits per heavy atom. The average molecular weight is 243 g/mol. The van der Waals surface area contributed by atoms with Gasteiger partial charge in [0, 0.05) is 17.6 Å². The molecule has 1 aromatic rings. The molecule has 1 rings (SSSR count). The van der Waals surface area contributed by atoms with E-state index in [0.717, 1.165) is 11.3 Å². The van der Waals surface area contributed by atoms with Crippen molar-refractivity contribution < 1.29 is 4.79 Å². The van der Waals surface area contributed by atoms with Crippen molar-refractivity contribution in [3.63, 3.8) is 0 Å².